The predicted molar refractivity (Wildman–Crippen MR) is 98.5 cm³/mol. The quantitative estimate of drug-likeness (QED) is 0.781. The monoisotopic (exact) mass is 409 g/mol. The summed E-state index contributed by atoms with van der Waals surface area (Å²) in [5, 5.41) is 9.66. The number of aliphatic hydroxyl groups excluding tert-OH is 1. The van der Waals surface area contributed by atoms with E-state index in [1.54, 1.807) is 30.3 Å². The minimum absolute atomic E-state index is 0.0973. The average Bonchev–Trinajstić information content (AvgIpc) is 3.09. The number of nitrogens with one attached hydrogen (secondary N) is 1. The Morgan fingerprint density at radius 2 is 2.00 bits per heavy atom. The molecule has 156 valence electrons. The van der Waals surface area contributed by atoms with Gasteiger partial charge in [0.2, 0.25) is 6.43 Å². The summed E-state index contributed by atoms with van der Waals surface area (Å²) in [6.45, 7) is 0.750. The standard InChI is InChI=1S/C19H21F2N3O5/c1-11-8-23(18(27)22-16(11)26)17-14(15(20)21)7-13(9-25)24(17)19(28)29-10-12-5-3-2-4-6-12/h2-6,8,13-15,17,25H,7,9-10H2,1H3,(H,22,26,27)/t13-,14+,17-/m0/s1. The first-order chi connectivity index (χ1) is 13.8. The lowest BCUT2D eigenvalue weighted by Crippen LogP contribution is -2.46. The number of H-pyrrole nitrogens is 1. The minimum atomic E-state index is -2.86. The van der Waals surface area contributed by atoms with Crippen molar-refractivity contribution in [2.24, 2.45) is 5.92 Å². The molecule has 1 aromatic carbocycles. The molecule has 1 saturated heterocycles. The molecule has 0 aliphatic carbocycles. The van der Waals surface area contributed by atoms with Gasteiger partial charge >= 0.3 is 11.8 Å². The third-order valence-electron chi connectivity index (χ3n) is 4.99. The molecule has 0 saturated carbocycles. The normalized spacial score (nSPS) is 21.6. The van der Waals surface area contributed by atoms with Crippen molar-refractivity contribution < 1.29 is 23.4 Å². The lowest BCUT2D eigenvalue weighted by molar-refractivity contribution is 0.0136. The Balaban J connectivity index is 1.96. The molecule has 1 aliphatic heterocycles. The van der Waals surface area contributed by atoms with E-state index in [0.717, 1.165) is 15.7 Å². The van der Waals surface area contributed by atoms with Crippen molar-refractivity contribution in [2.45, 2.75) is 38.6 Å². The van der Waals surface area contributed by atoms with Crippen LogP contribution in [0.2, 0.25) is 0 Å². The number of aryl methyl sites for hydroxylation is 1. The van der Waals surface area contributed by atoms with Gasteiger partial charge < -0.3 is 9.84 Å². The van der Waals surface area contributed by atoms with Crippen LogP contribution < -0.4 is 11.2 Å². The fourth-order valence-electron chi connectivity index (χ4n) is 3.54. The summed E-state index contributed by atoms with van der Waals surface area (Å²) in [5.74, 6) is -1.42. The van der Waals surface area contributed by atoms with Crippen LogP contribution in [0.15, 0.2) is 46.1 Å². The van der Waals surface area contributed by atoms with E-state index in [-0.39, 0.29) is 18.6 Å². The molecule has 2 N–H and O–H groups in total. The average molecular weight is 409 g/mol. The van der Waals surface area contributed by atoms with Crippen LogP contribution in [0, 0.1) is 12.8 Å². The third-order valence-corrected chi connectivity index (χ3v) is 4.99. The molecule has 0 spiro atoms. The van der Waals surface area contributed by atoms with E-state index < -0.39 is 48.5 Å². The SMILES string of the molecule is Cc1cn([C@@H]2[C@@H](C(F)F)C[C@@H](CO)N2C(=O)OCc2ccccc2)c(=O)[nH]c1=O. The fourth-order valence-corrected chi connectivity index (χ4v) is 3.54. The van der Waals surface area contributed by atoms with Crippen molar-refractivity contribution >= 4 is 6.09 Å². The Hall–Kier alpha value is -3.01. The molecular formula is C19H21F2N3O5. The van der Waals surface area contributed by atoms with E-state index in [1.807, 2.05) is 0 Å². The maximum Gasteiger partial charge on any atom is 0.412 e. The summed E-state index contributed by atoms with van der Waals surface area (Å²) in [6.07, 6.45) is -4.28. The zero-order valence-corrected chi connectivity index (χ0v) is 15.6. The van der Waals surface area contributed by atoms with Crippen molar-refractivity contribution in [1.82, 2.24) is 14.5 Å². The van der Waals surface area contributed by atoms with E-state index in [0.29, 0.717) is 5.56 Å². The van der Waals surface area contributed by atoms with Crippen LogP contribution in [0.4, 0.5) is 13.6 Å². The number of aromatic nitrogens is 2. The largest absolute Gasteiger partial charge is 0.444 e. The van der Waals surface area contributed by atoms with Crippen molar-refractivity contribution in [3.63, 3.8) is 0 Å². The summed E-state index contributed by atoms with van der Waals surface area (Å²) in [7, 11) is 0. The lowest BCUT2D eigenvalue weighted by Gasteiger charge is -2.31. The van der Waals surface area contributed by atoms with E-state index in [1.165, 1.54) is 6.92 Å². The first-order valence-corrected chi connectivity index (χ1v) is 9.03. The van der Waals surface area contributed by atoms with Gasteiger partial charge in [-0.2, -0.15) is 0 Å². The van der Waals surface area contributed by atoms with Crippen molar-refractivity contribution in [3.05, 3.63) is 68.5 Å². The van der Waals surface area contributed by atoms with E-state index in [9.17, 15) is 28.3 Å². The van der Waals surface area contributed by atoms with Crippen LogP contribution in [0.25, 0.3) is 0 Å². The molecule has 10 heteroatoms. The molecule has 8 nitrogen and oxygen atoms in total. The highest BCUT2D eigenvalue weighted by Crippen LogP contribution is 2.40. The number of rotatable bonds is 5. The Bertz CT molecular complexity index is 976. The summed E-state index contributed by atoms with van der Waals surface area (Å²) in [4.78, 5) is 39.7. The van der Waals surface area contributed by atoms with Gasteiger partial charge in [-0.1, -0.05) is 30.3 Å². The van der Waals surface area contributed by atoms with Gasteiger partial charge in [0.1, 0.15) is 12.8 Å². The van der Waals surface area contributed by atoms with Crippen LogP contribution in [0.1, 0.15) is 23.7 Å². The Kier molecular flexibility index (Phi) is 6.12. The van der Waals surface area contributed by atoms with Crippen LogP contribution in [0.5, 0.6) is 0 Å². The number of carbonyl (C=O) groups is 1. The maximum absolute atomic E-state index is 13.7. The number of likely N-dealkylation sites (tertiary alicyclic amines) is 1. The minimum Gasteiger partial charge on any atom is -0.444 e. The van der Waals surface area contributed by atoms with Gasteiger partial charge in [-0.05, 0) is 18.9 Å². The fraction of sp³-hybridized carbons (Fsp3) is 0.421. The topological polar surface area (TPSA) is 105 Å². The van der Waals surface area contributed by atoms with Gasteiger partial charge in [-0.25, -0.2) is 18.4 Å². The third kappa shape index (κ3) is 4.21. The van der Waals surface area contributed by atoms with E-state index in [4.69, 9.17) is 4.74 Å². The molecule has 3 atom stereocenters. The number of ether oxygens (including phenoxy) is 1. The molecule has 3 rings (SSSR count). The van der Waals surface area contributed by atoms with Crippen LogP contribution in [0.3, 0.4) is 0 Å². The molecule has 2 heterocycles. The first kappa shape index (κ1) is 20.7. The molecule has 2 aromatic rings. The zero-order chi connectivity index (χ0) is 21.1. The molecule has 1 aliphatic rings. The summed E-state index contributed by atoms with van der Waals surface area (Å²) >= 11 is 0. The molecule has 0 unspecified atom stereocenters. The van der Waals surface area contributed by atoms with E-state index >= 15 is 0 Å². The second-order valence-electron chi connectivity index (χ2n) is 6.91. The predicted octanol–water partition coefficient (Wildman–Crippen LogP) is 1.63. The number of amides is 1. The van der Waals surface area contributed by atoms with Crippen LogP contribution in [-0.4, -0.2) is 44.7 Å². The molecule has 29 heavy (non-hydrogen) atoms. The van der Waals surface area contributed by atoms with Gasteiger partial charge in [0.25, 0.3) is 5.56 Å². The molecule has 1 fully saturated rings. The molecule has 1 aromatic heterocycles. The highest BCUT2D eigenvalue weighted by atomic mass is 19.3. The number of alkyl halides is 2. The number of halogens is 2. The first-order valence-electron chi connectivity index (χ1n) is 9.03. The second kappa shape index (κ2) is 8.56. The maximum atomic E-state index is 13.7. The van der Waals surface area contributed by atoms with Crippen molar-refractivity contribution in [2.75, 3.05) is 6.61 Å². The highest BCUT2D eigenvalue weighted by molar-refractivity contribution is 5.69. The number of nitrogens with zero attached hydrogens (tertiary/aromatic N) is 2. The second-order valence-corrected chi connectivity index (χ2v) is 6.91. The summed E-state index contributed by atoms with van der Waals surface area (Å²) in [6, 6.07) is 7.82. The number of aliphatic hydroxyl groups is 1. The van der Waals surface area contributed by atoms with Crippen LogP contribution >= 0.6 is 0 Å². The molecule has 1 amide bonds. The van der Waals surface area contributed by atoms with Crippen molar-refractivity contribution in [1.29, 1.82) is 0 Å². The van der Waals surface area contributed by atoms with Gasteiger partial charge in [-0.15, -0.1) is 0 Å². The Labute approximate surface area is 164 Å². The molecule has 0 radical (unpaired) electrons. The lowest BCUT2D eigenvalue weighted by atomic mass is 10.0. The number of carbonyl (C=O) groups excluding carboxylic acids is 1. The van der Waals surface area contributed by atoms with Crippen molar-refractivity contribution in [3.8, 4) is 0 Å². The van der Waals surface area contributed by atoms with Crippen LogP contribution in [-0.2, 0) is 11.3 Å². The number of hydrogen-bond donors (Lipinski definition) is 2. The Morgan fingerprint density at radius 1 is 1.31 bits per heavy atom. The van der Waals surface area contributed by atoms with Gasteiger partial charge in [0, 0.05) is 11.8 Å². The summed E-state index contributed by atoms with van der Waals surface area (Å²) < 4.78 is 33.6. The molecular weight excluding hydrogens is 388 g/mol. The number of benzene rings is 1. The molecule has 0 bridgehead atoms. The Morgan fingerprint density at radius 3 is 2.62 bits per heavy atom. The number of aromatic amines is 1. The van der Waals surface area contributed by atoms with Gasteiger partial charge in [-0.3, -0.25) is 19.2 Å². The number of hydrogen-bond acceptors (Lipinski definition) is 5. The highest BCUT2D eigenvalue weighted by Gasteiger charge is 2.49. The van der Waals surface area contributed by atoms with Gasteiger partial charge in [0.15, 0.2) is 0 Å². The summed E-state index contributed by atoms with van der Waals surface area (Å²) in [5.41, 5.74) is -0.743. The smallest absolute Gasteiger partial charge is 0.412 e. The zero-order valence-electron chi connectivity index (χ0n) is 15.6. The van der Waals surface area contributed by atoms with E-state index in [2.05, 4.69) is 4.98 Å². The van der Waals surface area contributed by atoms with Gasteiger partial charge in [0.05, 0.1) is 18.6 Å².